The van der Waals surface area contributed by atoms with E-state index >= 15 is 0 Å². The van der Waals surface area contributed by atoms with Gasteiger partial charge in [-0.2, -0.15) is 0 Å². The second-order valence-corrected chi connectivity index (χ2v) is 7.46. The maximum absolute atomic E-state index is 12.5. The average Bonchev–Trinajstić information content (AvgIpc) is 3.11. The van der Waals surface area contributed by atoms with E-state index in [1.807, 2.05) is 0 Å². The Morgan fingerprint density at radius 3 is 2.48 bits per heavy atom. The van der Waals surface area contributed by atoms with Crippen molar-refractivity contribution >= 4 is 18.3 Å². The second-order valence-electron chi connectivity index (χ2n) is 7.46. The number of carbonyl (C=O) groups is 1. The van der Waals surface area contributed by atoms with Crippen LogP contribution in [-0.4, -0.2) is 61.0 Å². The first kappa shape index (κ1) is 20.2. The summed E-state index contributed by atoms with van der Waals surface area (Å²) < 4.78 is 0. The van der Waals surface area contributed by atoms with Crippen molar-refractivity contribution in [2.75, 3.05) is 39.3 Å². The molecule has 1 aromatic carbocycles. The summed E-state index contributed by atoms with van der Waals surface area (Å²) >= 11 is 0. The molecule has 3 rings (SSSR count). The molecule has 2 saturated heterocycles. The van der Waals surface area contributed by atoms with Crippen LogP contribution in [0.2, 0.25) is 0 Å². The van der Waals surface area contributed by atoms with Gasteiger partial charge >= 0.3 is 0 Å². The summed E-state index contributed by atoms with van der Waals surface area (Å²) in [6.45, 7) is 10.7. The van der Waals surface area contributed by atoms with Crippen molar-refractivity contribution in [3.05, 3.63) is 35.4 Å². The molecule has 2 aliphatic heterocycles. The average molecular weight is 366 g/mol. The zero-order valence-corrected chi connectivity index (χ0v) is 16.4. The van der Waals surface area contributed by atoms with E-state index in [1.54, 1.807) is 0 Å². The summed E-state index contributed by atoms with van der Waals surface area (Å²) in [4.78, 5) is 17.1. The molecule has 0 aromatic heterocycles. The van der Waals surface area contributed by atoms with Crippen LogP contribution in [0.3, 0.4) is 0 Å². The fourth-order valence-corrected chi connectivity index (χ4v) is 3.79. The number of aryl methyl sites for hydroxylation is 1. The summed E-state index contributed by atoms with van der Waals surface area (Å²) in [5, 5.41) is 3.40. The number of hydrogen-bond donors (Lipinski definition) is 1. The van der Waals surface area contributed by atoms with Crippen LogP contribution in [0.5, 0.6) is 0 Å². The molecule has 0 spiro atoms. The summed E-state index contributed by atoms with van der Waals surface area (Å²) in [6.07, 6.45) is 2.62. The normalized spacial score (nSPS) is 21.4. The van der Waals surface area contributed by atoms with Gasteiger partial charge in [0.1, 0.15) is 0 Å². The molecule has 140 valence electrons. The molecule has 2 fully saturated rings. The van der Waals surface area contributed by atoms with E-state index < -0.39 is 0 Å². The van der Waals surface area contributed by atoms with Gasteiger partial charge in [0, 0.05) is 51.7 Å². The van der Waals surface area contributed by atoms with E-state index in [9.17, 15) is 4.79 Å². The van der Waals surface area contributed by atoms with Crippen LogP contribution in [0, 0.1) is 0 Å². The standard InChI is InChI=1S/C20H31N3O.ClH/c1-16(2)18-6-3-17(4-7-18)5-8-20(24)23-12-9-19(15-23)22-13-10-21-11-14-22;/h3-4,6-7,16,19,21H,5,8-15H2,1-2H3;1H. The number of benzene rings is 1. The summed E-state index contributed by atoms with van der Waals surface area (Å²) in [5.74, 6) is 0.882. The SMILES string of the molecule is CC(C)c1ccc(CCC(=O)N2CCC(N3CCNCC3)C2)cc1.Cl. The molecule has 1 unspecified atom stereocenters. The monoisotopic (exact) mass is 365 g/mol. The minimum absolute atomic E-state index is 0. The van der Waals surface area contributed by atoms with Gasteiger partial charge in [-0.15, -0.1) is 12.4 Å². The Morgan fingerprint density at radius 2 is 1.84 bits per heavy atom. The minimum atomic E-state index is 0. The topological polar surface area (TPSA) is 35.6 Å². The Labute approximate surface area is 158 Å². The fraction of sp³-hybridized carbons (Fsp3) is 0.650. The van der Waals surface area contributed by atoms with Gasteiger partial charge in [-0.05, 0) is 29.9 Å². The lowest BCUT2D eigenvalue weighted by Gasteiger charge is -2.32. The van der Waals surface area contributed by atoms with Gasteiger partial charge < -0.3 is 10.2 Å². The van der Waals surface area contributed by atoms with Crippen LogP contribution >= 0.6 is 12.4 Å². The van der Waals surface area contributed by atoms with Gasteiger partial charge in [-0.25, -0.2) is 0 Å². The number of likely N-dealkylation sites (tertiary alicyclic amines) is 1. The highest BCUT2D eigenvalue weighted by Gasteiger charge is 2.30. The predicted octanol–water partition coefficient (Wildman–Crippen LogP) is 2.67. The van der Waals surface area contributed by atoms with Crippen molar-refractivity contribution in [2.24, 2.45) is 0 Å². The summed E-state index contributed by atoms with van der Waals surface area (Å²) in [7, 11) is 0. The van der Waals surface area contributed by atoms with E-state index in [0.29, 0.717) is 24.3 Å². The first-order valence-electron chi connectivity index (χ1n) is 9.45. The molecule has 1 aromatic rings. The molecular weight excluding hydrogens is 334 g/mol. The van der Waals surface area contributed by atoms with E-state index in [4.69, 9.17) is 0 Å². The van der Waals surface area contributed by atoms with Crippen LogP contribution < -0.4 is 5.32 Å². The van der Waals surface area contributed by atoms with Gasteiger partial charge in [0.2, 0.25) is 5.91 Å². The van der Waals surface area contributed by atoms with E-state index in [1.165, 1.54) is 11.1 Å². The fourth-order valence-electron chi connectivity index (χ4n) is 3.79. The van der Waals surface area contributed by atoms with Crippen molar-refractivity contribution in [2.45, 2.75) is 45.1 Å². The number of halogens is 1. The Kier molecular flexibility index (Phi) is 7.73. The zero-order valence-electron chi connectivity index (χ0n) is 15.5. The molecule has 1 atom stereocenters. The maximum atomic E-state index is 12.5. The zero-order chi connectivity index (χ0) is 16.9. The van der Waals surface area contributed by atoms with Crippen molar-refractivity contribution in [1.29, 1.82) is 0 Å². The molecule has 2 heterocycles. The summed E-state index contributed by atoms with van der Waals surface area (Å²) in [6, 6.07) is 9.31. The smallest absolute Gasteiger partial charge is 0.222 e. The predicted molar refractivity (Wildman–Crippen MR) is 106 cm³/mol. The Balaban J connectivity index is 0.00000225. The van der Waals surface area contributed by atoms with Gasteiger partial charge in [-0.1, -0.05) is 38.1 Å². The Hall–Kier alpha value is -1.10. The van der Waals surface area contributed by atoms with Crippen LogP contribution in [0.4, 0.5) is 0 Å². The third kappa shape index (κ3) is 5.44. The minimum Gasteiger partial charge on any atom is -0.341 e. The van der Waals surface area contributed by atoms with Crippen LogP contribution in [0.1, 0.15) is 43.7 Å². The van der Waals surface area contributed by atoms with Crippen molar-refractivity contribution in [3.8, 4) is 0 Å². The number of nitrogens with zero attached hydrogens (tertiary/aromatic N) is 2. The number of hydrogen-bond acceptors (Lipinski definition) is 3. The van der Waals surface area contributed by atoms with Crippen LogP contribution in [0.25, 0.3) is 0 Å². The van der Waals surface area contributed by atoms with E-state index in [0.717, 1.165) is 52.1 Å². The molecule has 0 aliphatic carbocycles. The van der Waals surface area contributed by atoms with Gasteiger partial charge in [0.15, 0.2) is 0 Å². The third-order valence-electron chi connectivity index (χ3n) is 5.46. The lowest BCUT2D eigenvalue weighted by molar-refractivity contribution is -0.130. The van der Waals surface area contributed by atoms with Crippen LogP contribution in [-0.2, 0) is 11.2 Å². The van der Waals surface area contributed by atoms with E-state index in [-0.39, 0.29) is 12.4 Å². The molecule has 2 aliphatic rings. The van der Waals surface area contributed by atoms with E-state index in [2.05, 4.69) is 53.2 Å². The lowest BCUT2D eigenvalue weighted by atomic mass is 10.0. The lowest BCUT2D eigenvalue weighted by Crippen LogP contribution is -2.49. The molecule has 5 heteroatoms. The van der Waals surface area contributed by atoms with Crippen LogP contribution in [0.15, 0.2) is 24.3 Å². The van der Waals surface area contributed by atoms with Crippen molar-refractivity contribution in [1.82, 2.24) is 15.1 Å². The maximum Gasteiger partial charge on any atom is 0.222 e. The highest BCUT2D eigenvalue weighted by molar-refractivity contribution is 5.85. The molecular formula is C20H32ClN3O. The summed E-state index contributed by atoms with van der Waals surface area (Å²) in [5.41, 5.74) is 2.63. The molecule has 0 radical (unpaired) electrons. The number of piperazine rings is 1. The molecule has 4 nitrogen and oxygen atoms in total. The first-order valence-corrected chi connectivity index (χ1v) is 9.45. The third-order valence-corrected chi connectivity index (χ3v) is 5.46. The Bertz CT molecular complexity index is 540. The quantitative estimate of drug-likeness (QED) is 0.871. The molecule has 1 amide bonds. The van der Waals surface area contributed by atoms with Gasteiger partial charge in [-0.3, -0.25) is 9.69 Å². The number of rotatable bonds is 5. The van der Waals surface area contributed by atoms with Crippen molar-refractivity contribution < 1.29 is 4.79 Å². The largest absolute Gasteiger partial charge is 0.341 e. The first-order chi connectivity index (χ1) is 11.6. The van der Waals surface area contributed by atoms with Gasteiger partial charge in [0.25, 0.3) is 0 Å². The molecule has 0 bridgehead atoms. The molecule has 0 saturated carbocycles. The second kappa shape index (κ2) is 9.56. The highest BCUT2D eigenvalue weighted by Crippen LogP contribution is 2.19. The molecule has 25 heavy (non-hydrogen) atoms. The number of amides is 1. The molecule has 1 N–H and O–H groups in total. The number of carbonyl (C=O) groups excluding carboxylic acids is 1. The highest BCUT2D eigenvalue weighted by atomic mass is 35.5. The van der Waals surface area contributed by atoms with Gasteiger partial charge in [0.05, 0.1) is 0 Å². The number of nitrogens with one attached hydrogen (secondary N) is 1. The van der Waals surface area contributed by atoms with Crippen molar-refractivity contribution in [3.63, 3.8) is 0 Å². The Morgan fingerprint density at radius 1 is 1.16 bits per heavy atom.